The summed E-state index contributed by atoms with van der Waals surface area (Å²) in [6, 6.07) is 0. The zero-order valence-electron chi connectivity index (χ0n) is 9.69. The molecule has 0 aromatic rings. The number of hydrogen-bond acceptors (Lipinski definition) is 3. The van der Waals surface area contributed by atoms with Crippen molar-refractivity contribution in [1.29, 1.82) is 0 Å². The first kappa shape index (κ1) is 13.2. The van der Waals surface area contributed by atoms with E-state index in [1.54, 1.807) is 0 Å². The lowest BCUT2D eigenvalue weighted by molar-refractivity contribution is -0.131. The van der Waals surface area contributed by atoms with Crippen molar-refractivity contribution in [2.24, 2.45) is 0 Å². The van der Waals surface area contributed by atoms with E-state index in [2.05, 4.69) is 6.08 Å². The van der Waals surface area contributed by atoms with Crippen LogP contribution in [0.15, 0.2) is 11.6 Å². The second-order valence-corrected chi connectivity index (χ2v) is 4.11. The molecule has 1 aliphatic carbocycles. The van der Waals surface area contributed by atoms with Crippen LogP contribution in [0, 0.1) is 0 Å². The Morgan fingerprint density at radius 1 is 1.25 bits per heavy atom. The first-order valence-electron chi connectivity index (χ1n) is 5.95. The number of hydrogen-bond donors (Lipinski definition) is 2. The highest BCUT2D eigenvalue weighted by Crippen LogP contribution is 2.20. The van der Waals surface area contributed by atoms with Crippen LogP contribution in [0.2, 0.25) is 0 Å². The molecule has 0 saturated heterocycles. The maximum absolute atomic E-state index is 11.9. The van der Waals surface area contributed by atoms with Crippen LogP contribution in [-0.4, -0.2) is 47.3 Å². The molecule has 0 aliphatic heterocycles. The van der Waals surface area contributed by atoms with Crippen molar-refractivity contribution >= 4 is 5.91 Å². The van der Waals surface area contributed by atoms with Gasteiger partial charge in [-0.2, -0.15) is 0 Å². The molecule has 1 rings (SSSR count). The molecule has 0 fully saturated rings. The minimum Gasteiger partial charge on any atom is -0.395 e. The summed E-state index contributed by atoms with van der Waals surface area (Å²) in [6.45, 7) is 0.523. The summed E-state index contributed by atoms with van der Waals surface area (Å²) in [5.74, 6) is 0.0104. The molecule has 0 bridgehead atoms. The summed E-state index contributed by atoms with van der Waals surface area (Å²) >= 11 is 0. The van der Waals surface area contributed by atoms with E-state index in [4.69, 9.17) is 10.2 Å². The molecule has 1 aliphatic rings. The molecule has 0 radical (unpaired) electrons. The van der Waals surface area contributed by atoms with Crippen LogP contribution in [0.1, 0.15) is 32.1 Å². The van der Waals surface area contributed by atoms with Crippen molar-refractivity contribution < 1.29 is 15.0 Å². The molecule has 16 heavy (non-hydrogen) atoms. The number of allylic oxidation sites excluding steroid dienone is 1. The van der Waals surface area contributed by atoms with Crippen LogP contribution >= 0.6 is 0 Å². The first-order valence-corrected chi connectivity index (χ1v) is 5.95. The van der Waals surface area contributed by atoms with E-state index in [1.807, 2.05) is 0 Å². The van der Waals surface area contributed by atoms with Gasteiger partial charge in [-0.3, -0.25) is 4.79 Å². The van der Waals surface area contributed by atoms with Gasteiger partial charge < -0.3 is 15.1 Å². The van der Waals surface area contributed by atoms with Crippen molar-refractivity contribution in [3.8, 4) is 0 Å². The van der Waals surface area contributed by atoms with Gasteiger partial charge in [-0.1, -0.05) is 11.6 Å². The molecular formula is C12H21NO3. The Morgan fingerprint density at radius 2 is 1.94 bits per heavy atom. The number of nitrogens with zero attached hydrogens (tertiary/aromatic N) is 1. The van der Waals surface area contributed by atoms with Crippen LogP contribution in [0.4, 0.5) is 0 Å². The highest BCUT2D eigenvalue weighted by atomic mass is 16.3. The third-order valence-electron chi connectivity index (χ3n) is 2.86. The first-order chi connectivity index (χ1) is 7.77. The average Bonchev–Trinajstić information content (AvgIpc) is 2.30. The largest absolute Gasteiger partial charge is 0.395 e. The fourth-order valence-corrected chi connectivity index (χ4v) is 1.97. The molecular weight excluding hydrogens is 206 g/mol. The highest BCUT2D eigenvalue weighted by Gasteiger charge is 2.15. The number of aliphatic hydroxyl groups is 2. The summed E-state index contributed by atoms with van der Waals surface area (Å²) in [4.78, 5) is 13.4. The molecule has 0 saturated carbocycles. The van der Waals surface area contributed by atoms with Crippen molar-refractivity contribution in [2.45, 2.75) is 32.1 Å². The second-order valence-electron chi connectivity index (χ2n) is 4.11. The Balaban J connectivity index is 2.43. The number of carbonyl (C=O) groups excluding carboxylic acids is 1. The minimum atomic E-state index is -0.0508. The van der Waals surface area contributed by atoms with Gasteiger partial charge in [0.1, 0.15) is 0 Å². The lowest BCUT2D eigenvalue weighted by Gasteiger charge is -2.22. The zero-order valence-corrected chi connectivity index (χ0v) is 9.69. The van der Waals surface area contributed by atoms with Crippen molar-refractivity contribution in [1.82, 2.24) is 4.90 Å². The Morgan fingerprint density at radius 3 is 2.44 bits per heavy atom. The quantitative estimate of drug-likeness (QED) is 0.656. The predicted octanol–water partition coefficient (Wildman–Crippen LogP) is 0.690. The third kappa shape index (κ3) is 4.33. The molecule has 92 valence electrons. The van der Waals surface area contributed by atoms with Gasteiger partial charge in [0.05, 0.1) is 13.2 Å². The second kappa shape index (κ2) is 7.41. The predicted molar refractivity (Wildman–Crippen MR) is 61.9 cm³/mol. The lowest BCUT2D eigenvalue weighted by Crippen LogP contribution is -2.36. The zero-order chi connectivity index (χ0) is 11.8. The smallest absolute Gasteiger partial charge is 0.226 e. The molecule has 4 heteroatoms. The third-order valence-corrected chi connectivity index (χ3v) is 2.86. The van der Waals surface area contributed by atoms with E-state index in [0.717, 1.165) is 12.8 Å². The molecule has 2 N–H and O–H groups in total. The number of aliphatic hydroxyl groups excluding tert-OH is 2. The number of carbonyl (C=O) groups is 1. The van der Waals surface area contributed by atoms with Gasteiger partial charge in [0.15, 0.2) is 0 Å². The summed E-state index contributed by atoms with van der Waals surface area (Å²) < 4.78 is 0. The van der Waals surface area contributed by atoms with Crippen LogP contribution in [0.3, 0.4) is 0 Å². The summed E-state index contributed by atoms with van der Waals surface area (Å²) in [7, 11) is 0. The van der Waals surface area contributed by atoms with Crippen LogP contribution in [0.5, 0.6) is 0 Å². The highest BCUT2D eigenvalue weighted by molar-refractivity contribution is 5.78. The Labute approximate surface area is 96.6 Å². The maximum atomic E-state index is 11.9. The van der Waals surface area contributed by atoms with Gasteiger partial charge in [0.2, 0.25) is 5.91 Å². The van der Waals surface area contributed by atoms with E-state index < -0.39 is 0 Å². The molecule has 0 heterocycles. The SMILES string of the molecule is O=C(CC1=CCCCC1)N(CCO)CCO. The minimum absolute atomic E-state index is 0.0104. The van der Waals surface area contributed by atoms with Crippen LogP contribution in [-0.2, 0) is 4.79 Å². The fraction of sp³-hybridized carbons (Fsp3) is 0.750. The van der Waals surface area contributed by atoms with Crippen molar-refractivity contribution in [2.75, 3.05) is 26.3 Å². The molecule has 0 atom stereocenters. The molecule has 0 aromatic carbocycles. The molecule has 0 aromatic heterocycles. The lowest BCUT2D eigenvalue weighted by atomic mass is 9.97. The number of amides is 1. The van der Waals surface area contributed by atoms with E-state index in [-0.39, 0.29) is 19.1 Å². The monoisotopic (exact) mass is 227 g/mol. The topological polar surface area (TPSA) is 60.8 Å². The van der Waals surface area contributed by atoms with Gasteiger partial charge in [0, 0.05) is 19.5 Å². The standard InChI is InChI=1S/C12H21NO3/c14-8-6-13(7-9-15)12(16)10-11-4-2-1-3-5-11/h4,14-15H,1-3,5-10H2. The Bertz CT molecular complexity index is 245. The number of rotatable bonds is 6. The summed E-state index contributed by atoms with van der Waals surface area (Å²) in [5, 5.41) is 17.7. The van der Waals surface area contributed by atoms with Gasteiger partial charge in [-0.05, 0) is 25.7 Å². The average molecular weight is 227 g/mol. The Hall–Kier alpha value is -0.870. The Kier molecular flexibility index (Phi) is 6.11. The summed E-state index contributed by atoms with van der Waals surface area (Å²) in [6.07, 6.45) is 7.06. The van der Waals surface area contributed by atoms with Gasteiger partial charge in [0.25, 0.3) is 0 Å². The maximum Gasteiger partial charge on any atom is 0.226 e. The fourth-order valence-electron chi connectivity index (χ4n) is 1.97. The molecule has 1 amide bonds. The van der Waals surface area contributed by atoms with E-state index in [9.17, 15) is 4.79 Å². The van der Waals surface area contributed by atoms with Gasteiger partial charge in [-0.15, -0.1) is 0 Å². The van der Waals surface area contributed by atoms with Gasteiger partial charge in [-0.25, -0.2) is 0 Å². The van der Waals surface area contributed by atoms with Crippen LogP contribution in [0.25, 0.3) is 0 Å². The van der Waals surface area contributed by atoms with Crippen molar-refractivity contribution in [3.63, 3.8) is 0 Å². The van der Waals surface area contributed by atoms with Crippen LogP contribution < -0.4 is 0 Å². The van der Waals surface area contributed by atoms with E-state index in [1.165, 1.54) is 23.3 Å². The van der Waals surface area contributed by atoms with E-state index >= 15 is 0 Å². The molecule has 0 spiro atoms. The van der Waals surface area contributed by atoms with E-state index in [0.29, 0.717) is 19.5 Å². The molecule has 0 unspecified atom stereocenters. The van der Waals surface area contributed by atoms with Gasteiger partial charge >= 0.3 is 0 Å². The normalized spacial score (nSPS) is 15.8. The summed E-state index contributed by atoms with van der Waals surface area (Å²) in [5.41, 5.74) is 1.21. The van der Waals surface area contributed by atoms with Crippen molar-refractivity contribution in [3.05, 3.63) is 11.6 Å². The molecule has 4 nitrogen and oxygen atoms in total.